The molecule has 0 aliphatic rings. The predicted molar refractivity (Wildman–Crippen MR) is 97.9 cm³/mol. The van der Waals surface area contributed by atoms with Crippen LogP contribution < -0.4 is 11.1 Å². The number of primary amides is 1. The molecule has 132 valence electrons. The molecule has 25 heavy (non-hydrogen) atoms. The molecule has 0 unspecified atom stereocenters. The summed E-state index contributed by atoms with van der Waals surface area (Å²) in [6, 6.07) is 7.72. The molecule has 0 saturated heterocycles. The molecule has 0 saturated carbocycles. The van der Waals surface area contributed by atoms with Crippen LogP contribution in [0.5, 0.6) is 0 Å². The lowest BCUT2D eigenvalue weighted by Crippen LogP contribution is -2.17. The predicted octanol–water partition coefficient (Wildman–Crippen LogP) is 3.32. The molecule has 0 aliphatic carbocycles. The first kappa shape index (κ1) is 18.7. The van der Waals surface area contributed by atoms with Crippen LogP contribution in [0.1, 0.15) is 40.1 Å². The molecule has 2 amide bonds. The van der Waals surface area contributed by atoms with Crippen LogP contribution in [0.15, 0.2) is 24.3 Å². The SMILES string of the molecule is Cc1ccc(-c2c(C)sc(NC(=O)CCCC(=O)O)c2C(N)=O)cc1. The van der Waals surface area contributed by atoms with Crippen molar-refractivity contribution in [3.63, 3.8) is 0 Å². The number of hydrogen-bond donors (Lipinski definition) is 3. The minimum Gasteiger partial charge on any atom is -0.481 e. The maximum absolute atomic E-state index is 12.0. The lowest BCUT2D eigenvalue weighted by atomic mass is 10.00. The van der Waals surface area contributed by atoms with Gasteiger partial charge in [-0.3, -0.25) is 14.4 Å². The zero-order chi connectivity index (χ0) is 18.6. The number of carbonyl (C=O) groups is 3. The quantitative estimate of drug-likeness (QED) is 0.703. The largest absolute Gasteiger partial charge is 0.481 e. The molecule has 1 aromatic carbocycles. The smallest absolute Gasteiger partial charge is 0.303 e. The fourth-order valence-corrected chi connectivity index (χ4v) is 3.62. The normalized spacial score (nSPS) is 10.5. The molecule has 1 aromatic heterocycles. The van der Waals surface area contributed by atoms with Crippen LogP contribution in [-0.2, 0) is 9.59 Å². The van der Waals surface area contributed by atoms with Crippen molar-refractivity contribution in [2.24, 2.45) is 5.73 Å². The summed E-state index contributed by atoms with van der Waals surface area (Å²) in [7, 11) is 0. The zero-order valence-corrected chi connectivity index (χ0v) is 14.9. The number of carboxylic acids is 1. The second-order valence-electron chi connectivity index (χ2n) is 5.76. The monoisotopic (exact) mass is 360 g/mol. The number of benzene rings is 1. The summed E-state index contributed by atoms with van der Waals surface area (Å²) in [6.07, 6.45) is 0.234. The third-order valence-corrected chi connectivity index (χ3v) is 4.74. The van der Waals surface area contributed by atoms with Gasteiger partial charge in [-0.25, -0.2) is 0 Å². The van der Waals surface area contributed by atoms with Gasteiger partial charge < -0.3 is 16.2 Å². The van der Waals surface area contributed by atoms with Gasteiger partial charge in [-0.05, 0) is 25.8 Å². The van der Waals surface area contributed by atoms with E-state index in [0.29, 0.717) is 5.00 Å². The van der Waals surface area contributed by atoms with Gasteiger partial charge in [0, 0.05) is 23.3 Å². The Hall–Kier alpha value is -2.67. The molecule has 0 radical (unpaired) electrons. The molecular weight excluding hydrogens is 340 g/mol. The first-order chi connectivity index (χ1) is 11.8. The maximum atomic E-state index is 12.0. The van der Waals surface area contributed by atoms with Crippen molar-refractivity contribution in [1.29, 1.82) is 0 Å². The Balaban J connectivity index is 2.29. The molecule has 1 heterocycles. The standard InChI is InChI=1S/C18H20N2O4S/c1-10-6-8-12(9-7-10)15-11(2)25-18(16(15)17(19)24)20-13(21)4-3-5-14(22)23/h6-9H,3-5H2,1-2H3,(H2,19,24)(H,20,21)(H,22,23). The fourth-order valence-electron chi connectivity index (χ4n) is 2.52. The highest BCUT2D eigenvalue weighted by atomic mass is 32.1. The number of anilines is 1. The average Bonchev–Trinajstić information content (AvgIpc) is 2.84. The Morgan fingerprint density at radius 1 is 1.12 bits per heavy atom. The van der Waals surface area contributed by atoms with Gasteiger partial charge >= 0.3 is 5.97 Å². The van der Waals surface area contributed by atoms with Crippen molar-refractivity contribution in [3.8, 4) is 11.1 Å². The molecule has 0 aliphatic heterocycles. The summed E-state index contributed by atoms with van der Waals surface area (Å²) < 4.78 is 0. The number of carboxylic acid groups (broad SMARTS) is 1. The van der Waals surface area contributed by atoms with Crippen molar-refractivity contribution >= 4 is 34.1 Å². The van der Waals surface area contributed by atoms with Crippen molar-refractivity contribution < 1.29 is 19.5 Å². The van der Waals surface area contributed by atoms with Crippen molar-refractivity contribution in [3.05, 3.63) is 40.3 Å². The van der Waals surface area contributed by atoms with Crippen LogP contribution in [0.3, 0.4) is 0 Å². The number of nitrogens with two attached hydrogens (primary N) is 1. The highest BCUT2D eigenvalue weighted by molar-refractivity contribution is 7.17. The molecular formula is C18H20N2O4S. The van der Waals surface area contributed by atoms with E-state index in [1.165, 1.54) is 11.3 Å². The van der Waals surface area contributed by atoms with Crippen LogP contribution in [-0.4, -0.2) is 22.9 Å². The van der Waals surface area contributed by atoms with Gasteiger partial charge in [0.1, 0.15) is 5.00 Å². The minimum atomic E-state index is -0.945. The lowest BCUT2D eigenvalue weighted by Gasteiger charge is -2.07. The summed E-state index contributed by atoms with van der Waals surface area (Å²) in [5.74, 6) is -1.89. The summed E-state index contributed by atoms with van der Waals surface area (Å²) in [4.78, 5) is 35.4. The number of nitrogens with one attached hydrogen (secondary N) is 1. The topological polar surface area (TPSA) is 109 Å². The van der Waals surface area contributed by atoms with Crippen molar-refractivity contribution in [1.82, 2.24) is 0 Å². The van der Waals surface area contributed by atoms with Crippen LogP contribution in [0, 0.1) is 13.8 Å². The van der Waals surface area contributed by atoms with E-state index in [0.717, 1.165) is 21.6 Å². The Kier molecular flexibility index (Phi) is 5.93. The molecule has 7 heteroatoms. The Bertz CT molecular complexity index is 809. The molecule has 0 bridgehead atoms. The third kappa shape index (κ3) is 4.67. The highest BCUT2D eigenvalue weighted by Gasteiger charge is 2.22. The van der Waals surface area contributed by atoms with Crippen LogP contribution in [0.25, 0.3) is 11.1 Å². The zero-order valence-electron chi connectivity index (χ0n) is 14.1. The van der Waals surface area contributed by atoms with Gasteiger partial charge in [0.05, 0.1) is 5.56 Å². The molecule has 2 rings (SSSR count). The number of carbonyl (C=O) groups excluding carboxylic acids is 2. The van der Waals surface area contributed by atoms with Gasteiger partial charge in [0.2, 0.25) is 5.91 Å². The number of aryl methyl sites for hydroxylation is 2. The van der Waals surface area contributed by atoms with Gasteiger partial charge in [-0.2, -0.15) is 0 Å². The molecule has 0 atom stereocenters. The van der Waals surface area contributed by atoms with Gasteiger partial charge in [-0.1, -0.05) is 29.8 Å². The van der Waals surface area contributed by atoms with E-state index in [1.807, 2.05) is 38.1 Å². The third-order valence-electron chi connectivity index (χ3n) is 3.72. The molecule has 4 N–H and O–H groups in total. The Labute approximate surface area is 149 Å². The fraction of sp³-hybridized carbons (Fsp3) is 0.278. The first-order valence-corrected chi connectivity index (χ1v) is 8.63. The number of thiophene rings is 1. The van der Waals surface area contributed by atoms with Gasteiger partial charge in [-0.15, -0.1) is 11.3 Å². The average molecular weight is 360 g/mol. The summed E-state index contributed by atoms with van der Waals surface area (Å²) in [5, 5.41) is 11.7. The number of hydrogen-bond acceptors (Lipinski definition) is 4. The van der Waals surface area contributed by atoms with E-state index in [4.69, 9.17) is 10.8 Å². The first-order valence-electron chi connectivity index (χ1n) is 7.81. The van der Waals surface area contributed by atoms with E-state index >= 15 is 0 Å². The number of aliphatic carboxylic acids is 1. The summed E-state index contributed by atoms with van der Waals surface area (Å²) >= 11 is 1.29. The van der Waals surface area contributed by atoms with E-state index in [1.54, 1.807) is 0 Å². The minimum absolute atomic E-state index is 0.0707. The van der Waals surface area contributed by atoms with Crippen molar-refractivity contribution in [2.75, 3.05) is 5.32 Å². The molecule has 0 fully saturated rings. The van der Waals surface area contributed by atoms with E-state index in [-0.39, 0.29) is 30.7 Å². The lowest BCUT2D eigenvalue weighted by molar-refractivity contribution is -0.137. The highest BCUT2D eigenvalue weighted by Crippen LogP contribution is 2.39. The Morgan fingerprint density at radius 3 is 2.32 bits per heavy atom. The van der Waals surface area contributed by atoms with Crippen molar-refractivity contribution in [2.45, 2.75) is 33.1 Å². The Morgan fingerprint density at radius 2 is 1.76 bits per heavy atom. The molecule has 2 aromatic rings. The van der Waals surface area contributed by atoms with Crippen LogP contribution >= 0.6 is 11.3 Å². The van der Waals surface area contributed by atoms with E-state index in [2.05, 4.69) is 5.32 Å². The van der Waals surface area contributed by atoms with E-state index < -0.39 is 11.9 Å². The van der Waals surface area contributed by atoms with E-state index in [9.17, 15) is 14.4 Å². The number of rotatable bonds is 7. The van der Waals surface area contributed by atoms with Crippen LogP contribution in [0.4, 0.5) is 5.00 Å². The molecule has 0 spiro atoms. The second-order valence-corrected chi connectivity index (χ2v) is 6.99. The molecule has 6 nitrogen and oxygen atoms in total. The second kappa shape index (κ2) is 7.94. The number of amides is 2. The maximum Gasteiger partial charge on any atom is 0.303 e. The summed E-state index contributed by atoms with van der Waals surface area (Å²) in [6.45, 7) is 3.84. The van der Waals surface area contributed by atoms with Gasteiger partial charge in [0.15, 0.2) is 0 Å². The summed E-state index contributed by atoms with van der Waals surface area (Å²) in [5.41, 5.74) is 8.52. The van der Waals surface area contributed by atoms with Crippen LogP contribution in [0.2, 0.25) is 0 Å². The van der Waals surface area contributed by atoms with Gasteiger partial charge in [0.25, 0.3) is 5.91 Å².